The first-order valence-corrected chi connectivity index (χ1v) is 5.89. The average molecular weight is 283 g/mol. The molecular weight excluding hydrogens is 266 g/mol. The fraction of sp³-hybridized carbons (Fsp3) is 0.462. The molecule has 1 aromatic heterocycles. The predicted octanol–water partition coefficient (Wildman–Crippen LogP) is 1.83. The number of carbonyl (C=O) groups is 3. The van der Waals surface area contributed by atoms with Crippen LogP contribution >= 0.6 is 0 Å². The minimum atomic E-state index is -1.04. The fourth-order valence-corrected chi connectivity index (χ4v) is 1.34. The summed E-state index contributed by atoms with van der Waals surface area (Å²) >= 11 is 0. The zero-order valence-corrected chi connectivity index (χ0v) is 11.8. The third-order valence-corrected chi connectivity index (χ3v) is 2.13. The highest BCUT2D eigenvalue weighted by Crippen LogP contribution is 2.17. The summed E-state index contributed by atoms with van der Waals surface area (Å²) in [4.78, 5) is 33.8. The molecule has 20 heavy (non-hydrogen) atoms. The van der Waals surface area contributed by atoms with Gasteiger partial charge in [0.05, 0.1) is 7.11 Å². The summed E-state index contributed by atoms with van der Waals surface area (Å²) in [5.41, 5.74) is -0.683. The van der Waals surface area contributed by atoms with Crippen LogP contribution in [0.3, 0.4) is 0 Å². The molecular formula is C13H17NO6. The first kappa shape index (κ1) is 15.7. The van der Waals surface area contributed by atoms with Crippen LogP contribution < -0.4 is 5.32 Å². The van der Waals surface area contributed by atoms with E-state index >= 15 is 0 Å². The number of alkyl carbamates (subject to hydrolysis) is 1. The van der Waals surface area contributed by atoms with E-state index in [0.29, 0.717) is 6.29 Å². The molecule has 0 saturated carbocycles. The summed E-state index contributed by atoms with van der Waals surface area (Å²) in [6.07, 6.45) is -0.283. The van der Waals surface area contributed by atoms with E-state index < -0.39 is 23.7 Å². The zero-order valence-electron chi connectivity index (χ0n) is 11.8. The molecule has 1 N–H and O–H groups in total. The highest BCUT2D eigenvalue weighted by atomic mass is 16.6. The standard InChI is InChI=1S/C13H17NO6/c1-13(2,3)20-12(17)14-8(7-15)9-5-6-10(19-9)11(16)18-4/h5-8H,1-4H3,(H,14,17). The number of nitrogens with one attached hydrogen (secondary N) is 1. The zero-order chi connectivity index (χ0) is 15.3. The van der Waals surface area contributed by atoms with Crippen molar-refractivity contribution in [3.63, 3.8) is 0 Å². The van der Waals surface area contributed by atoms with Gasteiger partial charge in [-0.1, -0.05) is 0 Å². The number of furan rings is 1. The van der Waals surface area contributed by atoms with Gasteiger partial charge in [-0.2, -0.15) is 0 Å². The lowest BCUT2D eigenvalue weighted by Crippen LogP contribution is -2.35. The molecule has 0 bridgehead atoms. The number of hydrogen-bond donors (Lipinski definition) is 1. The molecule has 0 aliphatic rings. The van der Waals surface area contributed by atoms with E-state index in [4.69, 9.17) is 9.15 Å². The highest BCUT2D eigenvalue weighted by Gasteiger charge is 2.23. The van der Waals surface area contributed by atoms with E-state index in [-0.39, 0.29) is 11.5 Å². The van der Waals surface area contributed by atoms with Crippen LogP contribution in [0, 0.1) is 0 Å². The Bertz CT molecular complexity index is 499. The van der Waals surface area contributed by atoms with E-state index in [1.165, 1.54) is 19.2 Å². The number of ether oxygens (including phenoxy) is 2. The van der Waals surface area contributed by atoms with Gasteiger partial charge in [-0.25, -0.2) is 9.59 Å². The fourth-order valence-electron chi connectivity index (χ4n) is 1.34. The average Bonchev–Trinajstić information content (AvgIpc) is 2.82. The van der Waals surface area contributed by atoms with Gasteiger partial charge in [0.2, 0.25) is 5.76 Å². The van der Waals surface area contributed by atoms with Crippen molar-refractivity contribution < 1.29 is 28.3 Å². The molecule has 1 aromatic rings. The number of aldehydes is 1. The summed E-state index contributed by atoms with van der Waals surface area (Å²) in [5, 5.41) is 2.33. The van der Waals surface area contributed by atoms with Crippen LogP contribution in [0.2, 0.25) is 0 Å². The second kappa shape index (κ2) is 6.23. The monoisotopic (exact) mass is 283 g/mol. The number of esters is 1. The Morgan fingerprint density at radius 2 is 2.00 bits per heavy atom. The summed E-state index contributed by atoms with van der Waals surface area (Å²) in [6.45, 7) is 5.10. The number of rotatable bonds is 4. The Morgan fingerprint density at radius 3 is 2.50 bits per heavy atom. The van der Waals surface area contributed by atoms with Crippen LogP contribution in [0.1, 0.15) is 43.1 Å². The molecule has 1 amide bonds. The Hall–Kier alpha value is -2.31. The minimum Gasteiger partial charge on any atom is -0.463 e. The van der Waals surface area contributed by atoms with E-state index in [1.54, 1.807) is 20.8 Å². The molecule has 0 radical (unpaired) electrons. The lowest BCUT2D eigenvalue weighted by atomic mass is 10.2. The van der Waals surface area contributed by atoms with Gasteiger partial charge in [0.25, 0.3) is 0 Å². The normalized spacial score (nSPS) is 12.4. The first-order valence-electron chi connectivity index (χ1n) is 5.89. The van der Waals surface area contributed by atoms with Crippen molar-refractivity contribution in [1.29, 1.82) is 0 Å². The molecule has 1 heterocycles. The molecule has 0 aliphatic carbocycles. The van der Waals surface area contributed by atoms with Gasteiger partial charge in [0, 0.05) is 0 Å². The summed E-state index contributed by atoms with van der Waals surface area (Å²) in [5.74, 6) is -0.607. The van der Waals surface area contributed by atoms with Crippen molar-refractivity contribution in [2.75, 3.05) is 7.11 Å². The highest BCUT2D eigenvalue weighted by molar-refractivity contribution is 5.86. The van der Waals surface area contributed by atoms with Gasteiger partial charge in [0.1, 0.15) is 23.7 Å². The number of carbonyl (C=O) groups excluding carboxylic acids is 3. The van der Waals surface area contributed by atoms with E-state index in [9.17, 15) is 14.4 Å². The van der Waals surface area contributed by atoms with Crippen molar-refractivity contribution in [1.82, 2.24) is 5.32 Å². The van der Waals surface area contributed by atoms with Gasteiger partial charge in [-0.15, -0.1) is 0 Å². The lowest BCUT2D eigenvalue weighted by Gasteiger charge is -2.20. The largest absolute Gasteiger partial charge is 0.463 e. The molecule has 1 atom stereocenters. The maximum atomic E-state index is 11.6. The van der Waals surface area contributed by atoms with Crippen LogP contribution in [-0.2, 0) is 14.3 Å². The van der Waals surface area contributed by atoms with Crippen LogP contribution in [0.5, 0.6) is 0 Å². The number of hydrogen-bond acceptors (Lipinski definition) is 6. The maximum Gasteiger partial charge on any atom is 0.408 e. The van der Waals surface area contributed by atoms with E-state index in [0.717, 1.165) is 0 Å². The molecule has 7 nitrogen and oxygen atoms in total. The Balaban J connectivity index is 2.76. The predicted molar refractivity (Wildman–Crippen MR) is 68.2 cm³/mol. The SMILES string of the molecule is COC(=O)c1ccc(C(C=O)NC(=O)OC(C)(C)C)o1. The number of amides is 1. The van der Waals surface area contributed by atoms with Gasteiger partial charge >= 0.3 is 12.1 Å². The van der Waals surface area contributed by atoms with E-state index in [2.05, 4.69) is 10.1 Å². The molecule has 1 unspecified atom stereocenters. The van der Waals surface area contributed by atoms with Crippen LogP contribution in [0.15, 0.2) is 16.5 Å². The van der Waals surface area contributed by atoms with Crippen molar-refractivity contribution >= 4 is 18.3 Å². The minimum absolute atomic E-state index is 0.0552. The van der Waals surface area contributed by atoms with Gasteiger partial charge in [-0.05, 0) is 32.9 Å². The Kier molecular flexibility index (Phi) is 4.90. The second-order valence-electron chi connectivity index (χ2n) is 4.95. The van der Waals surface area contributed by atoms with Gasteiger partial charge in [-0.3, -0.25) is 0 Å². The van der Waals surface area contributed by atoms with Crippen molar-refractivity contribution in [3.05, 3.63) is 23.7 Å². The maximum absolute atomic E-state index is 11.6. The van der Waals surface area contributed by atoms with Crippen LogP contribution in [-0.4, -0.2) is 31.1 Å². The van der Waals surface area contributed by atoms with Gasteiger partial charge in [0.15, 0.2) is 0 Å². The summed E-state index contributed by atoms with van der Waals surface area (Å²) in [7, 11) is 1.21. The van der Waals surface area contributed by atoms with Gasteiger partial charge < -0.3 is 24.0 Å². The van der Waals surface area contributed by atoms with Crippen molar-refractivity contribution in [2.24, 2.45) is 0 Å². The van der Waals surface area contributed by atoms with Crippen LogP contribution in [0.25, 0.3) is 0 Å². The molecule has 0 aliphatic heterocycles. The molecule has 0 fully saturated rings. The smallest absolute Gasteiger partial charge is 0.408 e. The molecule has 1 rings (SSSR count). The molecule has 7 heteroatoms. The lowest BCUT2D eigenvalue weighted by molar-refractivity contribution is -0.110. The number of methoxy groups -OCH3 is 1. The van der Waals surface area contributed by atoms with Crippen molar-refractivity contribution in [3.8, 4) is 0 Å². The molecule has 0 saturated heterocycles. The molecule has 110 valence electrons. The molecule has 0 spiro atoms. The van der Waals surface area contributed by atoms with E-state index in [1.807, 2.05) is 0 Å². The quantitative estimate of drug-likeness (QED) is 0.669. The molecule has 0 aromatic carbocycles. The Morgan fingerprint density at radius 1 is 1.35 bits per heavy atom. The summed E-state index contributed by atoms with van der Waals surface area (Å²) in [6, 6.07) is 1.72. The third-order valence-electron chi connectivity index (χ3n) is 2.13. The second-order valence-corrected chi connectivity index (χ2v) is 4.95. The third kappa shape index (κ3) is 4.42. The topological polar surface area (TPSA) is 94.8 Å². The summed E-state index contributed by atoms with van der Waals surface area (Å²) < 4.78 is 14.6. The van der Waals surface area contributed by atoms with Crippen molar-refractivity contribution in [2.45, 2.75) is 32.4 Å². The first-order chi connectivity index (χ1) is 9.26. The van der Waals surface area contributed by atoms with Crippen LogP contribution in [0.4, 0.5) is 4.79 Å². The Labute approximate surface area is 116 Å².